The molecule has 0 aliphatic carbocycles. The fourth-order valence-electron chi connectivity index (χ4n) is 3.22. The summed E-state index contributed by atoms with van der Waals surface area (Å²) in [6, 6.07) is 7.00. The minimum atomic E-state index is -0.465. The molecule has 29 heavy (non-hydrogen) atoms. The molecule has 9 heteroatoms. The molecule has 2 aromatic rings. The third kappa shape index (κ3) is 5.45. The van der Waals surface area contributed by atoms with Gasteiger partial charge in [0.15, 0.2) is 5.13 Å². The minimum Gasteiger partial charge on any atom is -0.497 e. The number of aromatic nitrogens is 1. The second-order valence-corrected chi connectivity index (χ2v) is 7.54. The Bertz CT molecular complexity index is 824. The van der Waals surface area contributed by atoms with Gasteiger partial charge in [0.1, 0.15) is 17.5 Å². The maximum Gasteiger partial charge on any atom is 0.274 e. The predicted molar refractivity (Wildman–Crippen MR) is 112 cm³/mol. The summed E-state index contributed by atoms with van der Waals surface area (Å²) in [4.78, 5) is 31.6. The van der Waals surface area contributed by atoms with Crippen molar-refractivity contribution < 1.29 is 19.1 Å². The number of amides is 2. The van der Waals surface area contributed by atoms with E-state index in [9.17, 15) is 9.59 Å². The van der Waals surface area contributed by atoms with Gasteiger partial charge in [0.2, 0.25) is 5.91 Å². The third-order valence-corrected chi connectivity index (χ3v) is 5.49. The number of carbonyl (C=O) groups excluding carboxylic acids is 2. The average molecular weight is 419 g/mol. The molecule has 2 N–H and O–H groups in total. The number of benzene rings is 1. The first-order valence-corrected chi connectivity index (χ1v) is 10.4. The maximum absolute atomic E-state index is 13.0. The zero-order valence-electron chi connectivity index (χ0n) is 16.6. The van der Waals surface area contributed by atoms with Crippen LogP contribution in [0.1, 0.15) is 29.8 Å². The highest BCUT2D eigenvalue weighted by molar-refractivity contribution is 7.14. The number of hydrogen-bond donors (Lipinski definition) is 2. The van der Waals surface area contributed by atoms with Gasteiger partial charge < -0.3 is 25.0 Å². The van der Waals surface area contributed by atoms with Crippen LogP contribution in [0.2, 0.25) is 0 Å². The van der Waals surface area contributed by atoms with E-state index in [1.165, 1.54) is 11.3 Å². The van der Waals surface area contributed by atoms with Crippen molar-refractivity contribution in [1.29, 1.82) is 0 Å². The summed E-state index contributed by atoms with van der Waals surface area (Å²) < 4.78 is 10.1. The van der Waals surface area contributed by atoms with E-state index in [1.54, 1.807) is 24.5 Å². The number of ether oxygens (including phenoxy) is 2. The van der Waals surface area contributed by atoms with Gasteiger partial charge >= 0.3 is 0 Å². The Morgan fingerprint density at radius 2 is 2.03 bits per heavy atom. The van der Waals surface area contributed by atoms with E-state index < -0.39 is 6.04 Å². The van der Waals surface area contributed by atoms with E-state index >= 15 is 0 Å². The summed E-state index contributed by atoms with van der Waals surface area (Å²) in [6.45, 7) is 1.43. The molecule has 0 unspecified atom stereocenters. The molecule has 2 amide bonds. The fourth-order valence-corrected chi connectivity index (χ4v) is 3.92. The van der Waals surface area contributed by atoms with Crippen LogP contribution >= 0.6 is 11.3 Å². The zero-order chi connectivity index (χ0) is 20.6. The van der Waals surface area contributed by atoms with Crippen molar-refractivity contribution >= 4 is 34.0 Å². The summed E-state index contributed by atoms with van der Waals surface area (Å²) in [5, 5.41) is 8.38. The van der Waals surface area contributed by atoms with Crippen molar-refractivity contribution in [1.82, 2.24) is 15.2 Å². The van der Waals surface area contributed by atoms with Crippen LogP contribution in [-0.2, 0) is 9.53 Å². The molecule has 1 aliphatic heterocycles. The molecule has 8 nitrogen and oxygen atoms in total. The number of methoxy groups -OCH3 is 2. The van der Waals surface area contributed by atoms with Gasteiger partial charge in [-0.25, -0.2) is 4.98 Å². The normalized spacial score (nSPS) is 16.3. The molecular weight excluding hydrogens is 392 g/mol. The van der Waals surface area contributed by atoms with E-state index in [1.807, 2.05) is 24.3 Å². The van der Waals surface area contributed by atoms with E-state index in [0.717, 1.165) is 24.3 Å². The maximum atomic E-state index is 13.0. The van der Waals surface area contributed by atoms with Gasteiger partial charge in [-0.15, -0.1) is 11.3 Å². The SMILES string of the molecule is COCCNC(=O)[C@H]1CCCCN1C(=O)c1csc(Nc2ccc(OC)cc2)n1. The van der Waals surface area contributed by atoms with Crippen LogP contribution in [0, 0.1) is 0 Å². The number of nitrogens with zero attached hydrogens (tertiary/aromatic N) is 2. The first-order valence-electron chi connectivity index (χ1n) is 9.56. The number of hydrogen-bond acceptors (Lipinski definition) is 7. The van der Waals surface area contributed by atoms with Crippen LogP contribution in [0.5, 0.6) is 5.75 Å². The molecule has 0 spiro atoms. The summed E-state index contributed by atoms with van der Waals surface area (Å²) in [5.41, 5.74) is 1.20. The third-order valence-electron chi connectivity index (χ3n) is 4.74. The first kappa shape index (κ1) is 21.1. The number of anilines is 2. The van der Waals surface area contributed by atoms with Crippen LogP contribution in [0.4, 0.5) is 10.8 Å². The van der Waals surface area contributed by atoms with E-state index in [4.69, 9.17) is 9.47 Å². The van der Waals surface area contributed by atoms with Gasteiger partial charge in [-0.05, 0) is 43.5 Å². The summed E-state index contributed by atoms with van der Waals surface area (Å²) >= 11 is 1.36. The highest BCUT2D eigenvalue weighted by Gasteiger charge is 2.33. The lowest BCUT2D eigenvalue weighted by Crippen LogP contribution is -2.52. The minimum absolute atomic E-state index is 0.137. The quantitative estimate of drug-likeness (QED) is 0.641. The van der Waals surface area contributed by atoms with Gasteiger partial charge in [-0.3, -0.25) is 9.59 Å². The predicted octanol–water partition coefficient (Wildman–Crippen LogP) is 2.65. The van der Waals surface area contributed by atoms with Gasteiger partial charge in [0.25, 0.3) is 5.91 Å². The summed E-state index contributed by atoms with van der Waals surface area (Å²) in [6.07, 6.45) is 2.47. The van der Waals surface area contributed by atoms with Gasteiger partial charge in [-0.2, -0.15) is 0 Å². The second-order valence-electron chi connectivity index (χ2n) is 6.69. The second kappa shape index (κ2) is 10.2. The molecule has 0 saturated carbocycles. The van der Waals surface area contributed by atoms with Crippen LogP contribution in [-0.4, -0.2) is 61.7 Å². The summed E-state index contributed by atoms with van der Waals surface area (Å²) in [7, 11) is 3.20. The van der Waals surface area contributed by atoms with Crippen molar-refractivity contribution in [2.24, 2.45) is 0 Å². The summed E-state index contributed by atoms with van der Waals surface area (Å²) in [5.74, 6) is 0.419. The van der Waals surface area contributed by atoms with Crippen molar-refractivity contribution in [3.05, 3.63) is 35.3 Å². The highest BCUT2D eigenvalue weighted by atomic mass is 32.1. The lowest BCUT2D eigenvalue weighted by Gasteiger charge is -2.34. The number of piperidine rings is 1. The molecule has 0 radical (unpaired) electrons. The Morgan fingerprint density at radius 1 is 1.24 bits per heavy atom. The molecule has 1 saturated heterocycles. The molecule has 156 valence electrons. The van der Waals surface area contributed by atoms with Crippen LogP contribution in [0.25, 0.3) is 0 Å². The Hall–Kier alpha value is -2.65. The van der Waals surface area contributed by atoms with Crippen molar-refractivity contribution in [3.63, 3.8) is 0 Å². The van der Waals surface area contributed by atoms with Gasteiger partial charge in [0, 0.05) is 31.3 Å². The van der Waals surface area contributed by atoms with E-state index in [-0.39, 0.29) is 11.8 Å². The Kier molecular flexibility index (Phi) is 7.42. The van der Waals surface area contributed by atoms with E-state index in [0.29, 0.717) is 36.9 Å². The van der Waals surface area contributed by atoms with Crippen molar-refractivity contribution in [2.75, 3.05) is 39.2 Å². The van der Waals surface area contributed by atoms with Crippen molar-refractivity contribution in [3.8, 4) is 5.75 Å². The Labute approximate surface area is 174 Å². The number of rotatable bonds is 8. The van der Waals surface area contributed by atoms with Gasteiger partial charge in [-0.1, -0.05) is 0 Å². The zero-order valence-corrected chi connectivity index (χ0v) is 17.5. The molecular formula is C20H26N4O4S. The molecule has 2 heterocycles. The molecule has 0 bridgehead atoms. The number of likely N-dealkylation sites (tertiary alicyclic amines) is 1. The number of carbonyl (C=O) groups is 2. The monoisotopic (exact) mass is 418 g/mol. The van der Waals surface area contributed by atoms with Crippen LogP contribution in [0.3, 0.4) is 0 Å². The van der Waals surface area contributed by atoms with Gasteiger partial charge in [0.05, 0.1) is 13.7 Å². The molecule has 1 aromatic heterocycles. The highest BCUT2D eigenvalue weighted by Crippen LogP contribution is 2.25. The molecule has 1 aromatic carbocycles. The Morgan fingerprint density at radius 3 is 2.76 bits per heavy atom. The smallest absolute Gasteiger partial charge is 0.274 e. The average Bonchev–Trinajstić information content (AvgIpc) is 3.22. The fraction of sp³-hybridized carbons (Fsp3) is 0.450. The van der Waals surface area contributed by atoms with Crippen LogP contribution in [0.15, 0.2) is 29.6 Å². The molecule has 1 fully saturated rings. The molecule has 3 rings (SSSR count). The lowest BCUT2D eigenvalue weighted by molar-refractivity contribution is -0.126. The standard InChI is InChI=1S/C20H26N4O4S/c1-27-12-10-21-18(25)17-5-3-4-11-24(17)19(26)16-13-29-20(23-16)22-14-6-8-15(28-2)9-7-14/h6-9,13,17H,3-5,10-12H2,1-2H3,(H,21,25)(H,22,23)/t17-/m1/s1. The van der Waals surface area contributed by atoms with E-state index in [2.05, 4.69) is 15.6 Å². The largest absolute Gasteiger partial charge is 0.497 e. The topological polar surface area (TPSA) is 92.8 Å². The lowest BCUT2D eigenvalue weighted by atomic mass is 10.0. The van der Waals surface area contributed by atoms with Crippen molar-refractivity contribution in [2.45, 2.75) is 25.3 Å². The van der Waals surface area contributed by atoms with Crippen LogP contribution < -0.4 is 15.4 Å². The Balaban J connectivity index is 1.65. The molecule has 1 atom stereocenters. The molecule has 1 aliphatic rings. The number of nitrogens with one attached hydrogen (secondary N) is 2. The first-order chi connectivity index (χ1) is 14.1. The number of thiazole rings is 1.